The fourth-order valence-electron chi connectivity index (χ4n) is 3.00. The predicted octanol–water partition coefficient (Wildman–Crippen LogP) is 4.89. The van der Waals surface area contributed by atoms with Gasteiger partial charge in [0.1, 0.15) is 5.78 Å². The van der Waals surface area contributed by atoms with Crippen LogP contribution in [0.25, 0.3) is 0 Å². The maximum Gasteiger partial charge on any atom is 0.137 e. The van der Waals surface area contributed by atoms with Crippen molar-refractivity contribution in [3.05, 3.63) is 35.4 Å². The van der Waals surface area contributed by atoms with Gasteiger partial charge in [0.25, 0.3) is 0 Å². The second-order valence-electron chi connectivity index (χ2n) is 6.30. The van der Waals surface area contributed by atoms with E-state index in [1.165, 1.54) is 36.8 Å². The summed E-state index contributed by atoms with van der Waals surface area (Å²) in [7, 11) is 0. The van der Waals surface area contributed by atoms with Crippen molar-refractivity contribution in [2.75, 3.05) is 0 Å². The third-order valence-electron chi connectivity index (χ3n) is 4.35. The molecule has 0 amide bonds. The van der Waals surface area contributed by atoms with Crippen LogP contribution in [0.15, 0.2) is 24.3 Å². The van der Waals surface area contributed by atoms with E-state index in [2.05, 4.69) is 38.1 Å². The van der Waals surface area contributed by atoms with E-state index in [-0.39, 0.29) is 0 Å². The molecule has 1 aromatic carbocycles. The van der Waals surface area contributed by atoms with Gasteiger partial charge in [0.15, 0.2) is 0 Å². The Balaban J connectivity index is 1.77. The van der Waals surface area contributed by atoms with Gasteiger partial charge in [0, 0.05) is 12.8 Å². The third-order valence-corrected chi connectivity index (χ3v) is 4.35. The molecule has 1 saturated carbocycles. The Kier molecular flexibility index (Phi) is 5.18. The summed E-state index contributed by atoms with van der Waals surface area (Å²) in [5.74, 6) is 1.79. The van der Waals surface area contributed by atoms with Crippen molar-refractivity contribution in [3.63, 3.8) is 0 Å². The summed E-state index contributed by atoms with van der Waals surface area (Å²) < 4.78 is 0. The number of carbonyl (C=O) groups is 1. The van der Waals surface area contributed by atoms with E-state index in [1.54, 1.807) is 0 Å². The molecule has 2 rings (SSSR count). The predicted molar refractivity (Wildman–Crippen MR) is 80.4 cm³/mol. The average Bonchev–Trinajstić information content (AvgIpc) is 2.90. The number of benzene rings is 1. The summed E-state index contributed by atoms with van der Waals surface area (Å²) in [6, 6.07) is 8.54. The van der Waals surface area contributed by atoms with Gasteiger partial charge in [-0.3, -0.25) is 4.79 Å². The lowest BCUT2D eigenvalue weighted by Gasteiger charge is -2.09. The summed E-state index contributed by atoms with van der Waals surface area (Å²) in [4.78, 5) is 12.0. The van der Waals surface area contributed by atoms with E-state index in [1.807, 2.05) is 0 Å². The molecule has 0 radical (unpaired) electrons. The van der Waals surface area contributed by atoms with Crippen LogP contribution in [-0.2, 0) is 11.2 Å². The number of ketones is 1. The minimum Gasteiger partial charge on any atom is -0.299 e. The van der Waals surface area contributed by atoms with E-state index in [4.69, 9.17) is 0 Å². The molecule has 1 nitrogen and oxygen atoms in total. The van der Waals surface area contributed by atoms with Crippen molar-refractivity contribution in [2.45, 2.75) is 64.7 Å². The monoisotopic (exact) mass is 258 g/mol. The molecule has 0 aromatic heterocycles. The lowest BCUT2D eigenvalue weighted by molar-refractivity contribution is -0.118. The maximum absolute atomic E-state index is 12.0. The van der Waals surface area contributed by atoms with Crippen molar-refractivity contribution in [2.24, 2.45) is 5.92 Å². The fourth-order valence-corrected chi connectivity index (χ4v) is 3.00. The molecule has 1 fully saturated rings. The van der Waals surface area contributed by atoms with Crippen LogP contribution < -0.4 is 0 Å². The number of Topliss-reactive ketones (excluding diaryl/α,β-unsaturated/α-hetero) is 1. The molecule has 1 aliphatic carbocycles. The normalized spacial score (nSPS) is 16.2. The highest BCUT2D eigenvalue weighted by Crippen LogP contribution is 2.28. The number of hydrogen-bond donors (Lipinski definition) is 0. The molecule has 0 atom stereocenters. The summed E-state index contributed by atoms with van der Waals surface area (Å²) >= 11 is 0. The lowest BCUT2D eigenvalue weighted by atomic mass is 9.96. The van der Waals surface area contributed by atoms with Crippen LogP contribution in [0.3, 0.4) is 0 Å². The van der Waals surface area contributed by atoms with E-state index in [0.29, 0.717) is 18.1 Å². The van der Waals surface area contributed by atoms with Crippen molar-refractivity contribution >= 4 is 5.78 Å². The molecule has 0 spiro atoms. The Labute approximate surface area is 117 Å². The third kappa shape index (κ3) is 4.49. The SMILES string of the molecule is CC(C)c1ccc(CC(=O)CCC2CCCC2)cc1. The molecular weight excluding hydrogens is 232 g/mol. The van der Waals surface area contributed by atoms with Crippen molar-refractivity contribution < 1.29 is 4.79 Å². The summed E-state index contributed by atoms with van der Waals surface area (Å²) in [6.07, 6.45) is 7.93. The van der Waals surface area contributed by atoms with Gasteiger partial charge in [-0.1, -0.05) is 63.8 Å². The first kappa shape index (κ1) is 14.3. The van der Waals surface area contributed by atoms with Crippen LogP contribution in [0, 0.1) is 5.92 Å². The van der Waals surface area contributed by atoms with E-state index < -0.39 is 0 Å². The first-order valence-corrected chi connectivity index (χ1v) is 7.75. The van der Waals surface area contributed by atoms with Crippen LogP contribution in [-0.4, -0.2) is 5.78 Å². The molecule has 0 N–H and O–H groups in total. The number of hydrogen-bond acceptors (Lipinski definition) is 1. The fraction of sp³-hybridized carbons (Fsp3) is 0.611. The Morgan fingerprint density at radius 3 is 2.37 bits per heavy atom. The Morgan fingerprint density at radius 1 is 1.16 bits per heavy atom. The van der Waals surface area contributed by atoms with Gasteiger partial charge in [0.05, 0.1) is 0 Å². The van der Waals surface area contributed by atoms with Gasteiger partial charge >= 0.3 is 0 Å². The summed E-state index contributed by atoms with van der Waals surface area (Å²) in [6.45, 7) is 4.39. The van der Waals surface area contributed by atoms with Gasteiger partial charge in [-0.2, -0.15) is 0 Å². The first-order chi connectivity index (χ1) is 9.15. The second kappa shape index (κ2) is 6.88. The van der Waals surface area contributed by atoms with Crippen molar-refractivity contribution in [1.29, 1.82) is 0 Å². The average molecular weight is 258 g/mol. The zero-order chi connectivity index (χ0) is 13.7. The van der Waals surface area contributed by atoms with Crippen LogP contribution >= 0.6 is 0 Å². The quantitative estimate of drug-likeness (QED) is 0.710. The van der Waals surface area contributed by atoms with Crippen LogP contribution in [0.5, 0.6) is 0 Å². The van der Waals surface area contributed by atoms with Gasteiger partial charge in [0.2, 0.25) is 0 Å². The van der Waals surface area contributed by atoms with Gasteiger partial charge in [-0.15, -0.1) is 0 Å². The molecule has 0 bridgehead atoms. The molecule has 0 heterocycles. The lowest BCUT2D eigenvalue weighted by Crippen LogP contribution is -2.05. The van der Waals surface area contributed by atoms with Gasteiger partial charge in [-0.05, 0) is 29.4 Å². The van der Waals surface area contributed by atoms with E-state index in [9.17, 15) is 4.79 Å². The van der Waals surface area contributed by atoms with Gasteiger partial charge < -0.3 is 0 Å². The molecular formula is C18H26O. The molecule has 0 saturated heterocycles. The molecule has 1 heteroatoms. The van der Waals surface area contributed by atoms with E-state index in [0.717, 1.165) is 18.8 Å². The molecule has 104 valence electrons. The topological polar surface area (TPSA) is 17.1 Å². The molecule has 19 heavy (non-hydrogen) atoms. The molecule has 0 aliphatic heterocycles. The van der Waals surface area contributed by atoms with Crippen molar-refractivity contribution in [1.82, 2.24) is 0 Å². The maximum atomic E-state index is 12.0. The van der Waals surface area contributed by atoms with E-state index >= 15 is 0 Å². The minimum atomic E-state index is 0.407. The summed E-state index contributed by atoms with van der Waals surface area (Å²) in [5, 5.41) is 0. The highest BCUT2D eigenvalue weighted by Gasteiger charge is 2.16. The first-order valence-electron chi connectivity index (χ1n) is 7.75. The second-order valence-corrected chi connectivity index (χ2v) is 6.30. The van der Waals surface area contributed by atoms with Gasteiger partial charge in [-0.25, -0.2) is 0 Å². The highest BCUT2D eigenvalue weighted by atomic mass is 16.1. The zero-order valence-corrected chi connectivity index (χ0v) is 12.3. The molecule has 1 aromatic rings. The van der Waals surface area contributed by atoms with Crippen LogP contribution in [0.4, 0.5) is 0 Å². The summed E-state index contributed by atoms with van der Waals surface area (Å²) in [5.41, 5.74) is 2.52. The number of carbonyl (C=O) groups excluding carboxylic acids is 1. The number of rotatable bonds is 6. The minimum absolute atomic E-state index is 0.407. The Bertz CT molecular complexity index is 396. The highest BCUT2D eigenvalue weighted by molar-refractivity contribution is 5.80. The molecule has 1 aliphatic rings. The van der Waals surface area contributed by atoms with Crippen LogP contribution in [0.1, 0.15) is 69.4 Å². The zero-order valence-electron chi connectivity index (χ0n) is 12.3. The smallest absolute Gasteiger partial charge is 0.137 e. The van der Waals surface area contributed by atoms with Crippen LogP contribution in [0.2, 0.25) is 0 Å². The molecule has 0 unspecified atom stereocenters. The largest absolute Gasteiger partial charge is 0.299 e. The van der Waals surface area contributed by atoms with Crippen molar-refractivity contribution in [3.8, 4) is 0 Å². The Morgan fingerprint density at radius 2 is 1.79 bits per heavy atom. The standard InChI is InChI=1S/C18H26O/c1-14(2)17-10-7-16(8-11-17)13-18(19)12-9-15-5-3-4-6-15/h7-8,10-11,14-15H,3-6,9,12-13H2,1-2H3. The Hall–Kier alpha value is -1.11.